The minimum absolute atomic E-state index is 0.147. The Hall–Kier alpha value is -1.40. The monoisotopic (exact) mass is 361 g/mol. The van der Waals surface area contributed by atoms with Crippen molar-refractivity contribution in [1.29, 1.82) is 0 Å². The van der Waals surface area contributed by atoms with Crippen LogP contribution in [0.3, 0.4) is 0 Å². The van der Waals surface area contributed by atoms with Gasteiger partial charge in [0.25, 0.3) is 5.91 Å². The van der Waals surface area contributed by atoms with Crippen LogP contribution < -0.4 is 5.73 Å². The number of hydrogen-bond acceptors (Lipinski definition) is 9. The van der Waals surface area contributed by atoms with Crippen molar-refractivity contribution in [3.8, 4) is 0 Å². The lowest BCUT2D eigenvalue weighted by atomic mass is 10.1. The number of amidine groups is 2. The molecule has 1 saturated heterocycles. The fourth-order valence-electron chi connectivity index (χ4n) is 2.38. The maximum absolute atomic E-state index is 11.8. The fraction of sp³-hybridized carbons (Fsp3) is 0.600. The molecule has 3 aliphatic heterocycles. The van der Waals surface area contributed by atoms with Crippen LogP contribution in [0, 0.1) is 0 Å². The average Bonchev–Trinajstić information content (AvgIpc) is 2.89. The summed E-state index contributed by atoms with van der Waals surface area (Å²) >= 11 is 3.16. The van der Waals surface area contributed by atoms with Gasteiger partial charge in [0.1, 0.15) is 18.3 Å². The largest absolute Gasteiger partial charge is 0.394 e. The first-order valence-corrected chi connectivity index (χ1v) is 6.85. The van der Waals surface area contributed by atoms with Crippen LogP contribution in [0.15, 0.2) is 15.0 Å². The number of rotatable bonds is 2. The number of carbonyl (C=O) groups is 1. The van der Waals surface area contributed by atoms with Gasteiger partial charge < -0.3 is 25.8 Å². The molecule has 0 saturated carbocycles. The fourth-order valence-corrected chi connectivity index (χ4v) is 2.97. The zero-order valence-electron chi connectivity index (χ0n) is 10.5. The molecular weight excluding hydrogens is 350 g/mol. The Bertz CT molecular complexity index is 578. The van der Waals surface area contributed by atoms with E-state index in [1.54, 1.807) is 0 Å². The number of nitrogens with zero attached hydrogens (tertiary/aromatic N) is 4. The van der Waals surface area contributed by atoms with Gasteiger partial charge in [-0.15, -0.1) is 0 Å². The highest BCUT2D eigenvalue weighted by Crippen LogP contribution is 2.30. The van der Waals surface area contributed by atoms with E-state index < -0.39 is 43.1 Å². The number of carbonyl (C=O) groups excluding carboxylic acids is 1. The summed E-state index contributed by atoms with van der Waals surface area (Å²) < 4.78 is 5.60. The number of aliphatic hydroxyl groups is 3. The third-order valence-electron chi connectivity index (χ3n) is 3.39. The van der Waals surface area contributed by atoms with E-state index in [0.717, 1.165) is 0 Å². The Morgan fingerprint density at radius 1 is 1.33 bits per heavy atom. The Morgan fingerprint density at radius 3 is 2.67 bits per heavy atom. The summed E-state index contributed by atoms with van der Waals surface area (Å²) in [5.41, 5.74) is 5.46. The number of amides is 1. The van der Waals surface area contributed by atoms with E-state index in [-0.39, 0.29) is 16.5 Å². The third kappa shape index (κ3) is 2.17. The van der Waals surface area contributed by atoms with Crippen LogP contribution in [0.4, 0.5) is 0 Å². The topological polar surface area (TPSA) is 153 Å². The summed E-state index contributed by atoms with van der Waals surface area (Å²) in [6.07, 6.45) is -4.60. The SMILES string of the molecule is NC1=NC(=O)C2N=C(Br)N([C@@H]3OC(CO)C(O)C3O)C2=N1. The van der Waals surface area contributed by atoms with E-state index in [1.165, 1.54) is 4.90 Å². The molecule has 4 unspecified atom stereocenters. The zero-order chi connectivity index (χ0) is 15.3. The van der Waals surface area contributed by atoms with Crippen molar-refractivity contribution in [2.75, 3.05) is 6.61 Å². The number of aliphatic hydroxyl groups excluding tert-OH is 3. The quantitative estimate of drug-likeness (QED) is 0.385. The second kappa shape index (κ2) is 5.10. The van der Waals surface area contributed by atoms with E-state index in [0.29, 0.717) is 0 Å². The Morgan fingerprint density at radius 2 is 2.05 bits per heavy atom. The van der Waals surface area contributed by atoms with Crippen molar-refractivity contribution in [2.45, 2.75) is 30.6 Å². The first-order chi connectivity index (χ1) is 9.93. The molecule has 0 aromatic rings. The van der Waals surface area contributed by atoms with E-state index in [1.807, 2.05) is 0 Å². The number of hydrogen-bond donors (Lipinski definition) is 4. The van der Waals surface area contributed by atoms with E-state index in [4.69, 9.17) is 15.6 Å². The molecule has 10 nitrogen and oxygen atoms in total. The molecule has 5 N–H and O–H groups in total. The number of aliphatic imine (C=N–C) groups is 3. The van der Waals surface area contributed by atoms with Crippen LogP contribution >= 0.6 is 15.9 Å². The molecule has 0 spiro atoms. The molecule has 1 amide bonds. The van der Waals surface area contributed by atoms with Crippen molar-refractivity contribution in [3.05, 3.63) is 0 Å². The van der Waals surface area contributed by atoms with Gasteiger partial charge in [0.2, 0.25) is 5.96 Å². The van der Waals surface area contributed by atoms with E-state index >= 15 is 0 Å². The van der Waals surface area contributed by atoms with Gasteiger partial charge in [-0.25, -0.2) is 4.99 Å². The van der Waals surface area contributed by atoms with E-state index in [2.05, 4.69) is 30.9 Å². The van der Waals surface area contributed by atoms with Crippen LogP contribution in [0.5, 0.6) is 0 Å². The highest BCUT2D eigenvalue weighted by Gasteiger charge is 2.51. The van der Waals surface area contributed by atoms with Crippen molar-refractivity contribution < 1.29 is 24.9 Å². The minimum Gasteiger partial charge on any atom is -0.394 e. The predicted octanol–water partition coefficient (Wildman–Crippen LogP) is -2.89. The number of guanidine groups is 1. The number of nitrogens with two attached hydrogens (primary N) is 1. The minimum atomic E-state index is -1.32. The number of halogens is 1. The molecular formula is C10H12BrN5O5. The summed E-state index contributed by atoms with van der Waals surface area (Å²) in [5, 5.41) is 29.0. The molecule has 3 rings (SSSR count). The van der Waals surface area contributed by atoms with Crippen molar-refractivity contribution >= 4 is 38.4 Å². The second-order valence-corrected chi connectivity index (χ2v) is 5.39. The lowest BCUT2D eigenvalue weighted by Gasteiger charge is -2.28. The van der Waals surface area contributed by atoms with Crippen LogP contribution in [0.2, 0.25) is 0 Å². The van der Waals surface area contributed by atoms with Crippen molar-refractivity contribution in [3.63, 3.8) is 0 Å². The van der Waals surface area contributed by atoms with Gasteiger partial charge in [-0.05, 0) is 15.9 Å². The van der Waals surface area contributed by atoms with Crippen LogP contribution in [0.1, 0.15) is 0 Å². The van der Waals surface area contributed by atoms with Gasteiger partial charge in [-0.3, -0.25) is 9.69 Å². The lowest BCUT2D eigenvalue weighted by molar-refractivity contribution is -0.117. The average molecular weight is 362 g/mol. The molecule has 1 fully saturated rings. The Balaban J connectivity index is 1.94. The molecule has 0 aromatic heterocycles. The molecule has 0 bridgehead atoms. The maximum Gasteiger partial charge on any atom is 0.281 e. The summed E-state index contributed by atoms with van der Waals surface area (Å²) in [7, 11) is 0. The molecule has 5 atom stereocenters. The van der Waals surface area contributed by atoms with Crippen LogP contribution in [0.25, 0.3) is 0 Å². The lowest BCUT2D eigenvalue weighted by Crippen LogP contribution is -2.50. The number of fused-ring (bicyclic) bond motifs is 1. The first kappa shape index (κ1) is 14.5. The van der Waals surface area contributed by atoms with Gasteiger partial charge in [-0.2, -0.15) is 9.98 Å². The smallest absolute Gasteiger partial charge is 0.281 e. The van der Waals surface area contributed by atoms with Gasteiger partial charge in [0.05, 0.1) is 6.61 Å². The summed E-state index contributed by atoms with van der Waals surface area (Å²) in [5.74, 6) is -0.654. The normalized spacial score (nSPS) is 39.0. The summed E-state index contributed by atoms with van der Waals surface area (Å²) in [4.78, 5) is 24.6. The molecule has 21 heavy (non-hydrogen) atoms. The van der Waals surface area contributed by atoms with Crippen molar-refractivity contribution in [1.82, 2.24) is 4.90 Å². The van der Waals surface area contributed by atoms with Gasteiger partial charge in [0, 0.05) is 0 Å². The van der Waals surface area contributed by atoms with Gasteiger partial charge in [0.15, 0.2) is 22.9 Å². The van der Waals surface area contributed by atoms with Gasteiger partial charge >= 0.3 is 0 Å². The van der Waals surface area contributed by atoms with Crippen LogP contribution in [-0.2, 0) is 9.53 Å². The van der Waals surface area contributed by atoms with Crippen LogP contribution in [-0.4, -0.2) is 79.9 Å². The highest BCUT2D eigenvalue weighted by molar-refractivity contribution is 9.18. The summed E-state index contributed by atoms with van der Waals surface area (Å²) in [6.45, 7) is -0.463. The number of ether oxygens (including phenoxy) is 1. The molecule has 0 aliphatic carbocycles. The molecule has 0 aromatic carbocycles. The maximum atomic E-state index is 11.8. The van der Waals surface area contributed by atoms with Gasteiger partial charge in [-0.1, -0.05) is 0 Å². The summed E-state index contributed by atoms with van der Waals surface area (Å²) in [6, 6.07) is -0.965. The Kier molecular flexibility index (Phi) is 3.53. The molecule has 114 valence electrons. The predicted molar refractivity (Wildman–Crippen MR) is 73.8 cm³/mol. The third-order valence-corrected chi connectivity index (χ3v) is 3.97. The van der Waals surface area contributed by atoms with Crippen molar-refractivity contribution in [2.24, 2.45) is 20.7 Å². The molecule has 3 heterocycles. The molecule has 11 heteroatoms. The Labute approximate surface area is 126 Å². The standard InChI is InChI=1S/C10H12BrN5O5/c11-9-13-3-6(14-10(12)15-7(3)20)16(9)8-5(19)4(18)2(1-17)21-8/h2-5,8,17-19H,1H2,(H2,12,15,20)/t2?,3?,4?,5?,8-/m1/s1. The molecule has 0 radical (unpaired) electrons. The highest BCUT2D eigenvalue weighted by atomic mass is 79.9. The molecule has 3 aliphatic rings. The zero-order valence-corrected chi connectivity index (χ0v) is 12.1. The second-order valence-electron chi connectivity index (χ2n) is 4.68. The first-order valence-electron chi connectivity index (χ1n) is 6.05. The van der Waals surface area contributed by atoms with E-state index in [9.17, 15) is 15.0 Å².